The summed E-state index contributed by atoms with van der Waals surface area (Å²) in [6, 6.07) is 20.9. The number of benzene rings is 3. The van der Waals surface area contributed by atoms with E-state index in [9.17, 15) is 14.7 Å². The number of hydrogen-bond donors (Lipinski definition) is 2. The van der Waals surface area contributed by atoms with Gasteiger partial charge in [-0.25, -0.2) is 0 Å². The van der Waals surface area contributed by atoms with Crippen LogP contribution in [-0.4, -0.2) is 23.5 Å². The topological polar surface area (TPSA) is 69.6 Å². The van der Waals surface area contributed by atoms with Crippen molar-refractivity contribution in [3.63, 3.8) is 0 Å². The molecule has 5 nitrogen and oxygen atoms in total. The van der Waals surface area contributed by atoms with Gasteiger partial charge in [0.25, 0.3) is 5.91 Å². The Labute approximate surface area is 173 Å². The van der Waals surface area contributed by atoms with Crippen LogP contribution in [0, 0.1) is 6.92 Å². The first-order valence-corrected chi connectivity index (χ1v) is 9.54. The number of fused-ring (bicyclic) bond motifs is 1. The zero-order chi connectivity index (χ0) is 20.6. The first-order chi connectivity index (χ1) is 13.9. The van der Waals surface area contributed by atoms with Crippen LogP contribution in [0.2, 0.25) is 5.02 Å². The molecule has 2 amide bonds. The number of nitrogens with one attached hydrogen (secondary N) is 1. The molecule has 0 fully saturated rings. The highest BCUT2D eigenvalue weighted by molar-refractivity contribution is 6.31. The second-order valence-electron chi connectivity index (χ2n) is 6.99. The van der Waals surface area contributed by atoms with Gasteiger partial charge >= 0.3 is 0 Å². The van der Waals surface area contributed by atoms with Crippen molar-refractivity contribution >= 4 is 34.8 Å². The molecule has 3 aromatic carbocycles. The number of anilines is 2. The number of halogens is 1. The van der Waals surface area contributed by atoms with E-state index in [0.717, 1.165) is 5.56 Å². The SMILES string of the molecule is Cc1ccc(Cl)cc1NC(=O)CN1C(=O)[C@@](O)(c2ccccc2)c2ccccc21. The van der Waals surface area contributed by atoms with Gasteiger partial charge in [0.2, 0.25) is 5.91 Å². The summed E-state index contributed by atoms with van der Waals surface area (Å²) in [7, 11) is 0. The summed E-state index contributed by atoms with van der Waals surface area (Å²) in [4.78, 5) is 27.3. The summed E-state index contributed by atoms with van der Waals surface area (Å²) >= 11 is 6.02. The van der Waals surface area contributed by atoms with Crippen molar-refractivity contribution < 1.29 is 14.7 Å². The Hall–Kier alpha value is -3.15. The fourth-order valence-corrected chi connectivity index (χ4v) is 3.78. The predicted molar refractivity (Wildman–Crippen MR) is 113 cm³/mol. The van der Waals surface area contributed by atoms with E-state index < -0.39 is 11.5 Å². The van der Waals surface area contributed by atoms with Crippen LogP contribution in [-0.2, 0) is 15.2 Å². The number of hydrogen-bond acceptors (Lipinski definition) is 3. The number of rotatable bonds is 4. The number of nitrogens with zero attached hydrogens (tertiary/aromatic N) is 1. The Morgan fingerprint density at radius 1 is 1.07 bits per heavy atom. The molecule has 0 spiro atoms. The van der Waals surface area contributed by atoms with Crippen molar-refractivity contribution in [2.24, 2.45) is 0 Å². The van der Waals surface area contributed by atoms with Crippen LogP contribution < -0.4 is 10.2 Å². The Bertz CT molecular complexity index is 1100. The van der Waals surface area contributed by atoms with Gasteiger partial charge in [-0.05, 0) is 36.2 Å². The number of amides is 2. The number of aliphatic hydroxyl groups is 1. The molecule has 0 unspecified atom stereocenters. The van der Waals surface area contributed by atoms with Crippen LogP contribution in [0.3, 0.4) is 0 Å². The van der Waals surface area contributed by atoms with Gasteiger partial charge in [-0.1, -0.05) is 66.2 Å². The zero-order valence-electron chi connectivity index (χ0n) is 15.7. The van der Waals surface area contributed by atoms with Crippen molar-refractivity contribution in [1.29, 1.82) is 0 Å². The third kappa shape index (κ3) is 3.28. The van der Waals surface area contributed by atoms with Gasteiger partial charge in [0.05, 0.1) is 5.69 Å². The molecule has 146 valence electrons. The number of para-hydroxylation sites is 1. The molecule has 6 heteroatoms. The molecule has 0 aliphatic carbocycles. The van der Waals surface area contributed by atoms with Gasteiger partial charge < -0.3 is 10.4 Å². The lowest BCUT2D eigenvalue weighted by atomic mass is 9.88. The molecule has 2 N–H and O–H groups in total. The van der Waals surface area contributed by atoms with Crippen molar-refractivity contribution in [2.75, 3.05) is 16.8 Å². The van der Waals surface area contributed by atoms with Gasteiger partial charge in [-0.3, -0.25) is 14.5 Å². The Morgan fingerprint density at radius 3 is 2.52 bits per heavy atom. The standard InChI is InChI=1S/C23H19ClN2O3/c1-15-11-12-17(24)13-19(15)25-21(27)14-26-20-10-6-5-9-18(20)23(29,22(26)28)16-7-3-2-4-8-16/h2-13,29H,14H2,1H3,(H,25,27)/t23-/m1/s1. The maximum atomic E-state index is 13.3. The molecule has 3 aromatic rings. The summed E-state index contributed by atoms with van der Waals surface area (Å²) in [5.41, 5.74) is 1.05. The smallest absolute Gasteiger partial charge is 0.268 e. The minimum absolute atomic E-state index is 0.225. The molecule has 29 heavy (non-hydrogen) atoms. The van der Waals surface area contributed by atoms with Crippen molar-refractivity contribution in [3.8, 4) is 0 Å². The summed E-state index contributed by atoms with van der Waals surface area (Å²) in [6.45, 7) is 1.63. The molecule has 0 saturated heterocycles. The van der Waals surface area contributed by atoms with E-state index in [0.29, 0.717) is 27.5 Å². The van der Waals surface area contributed by atoms with E-state index in [1.54, 1.807) is 60.7 Å². The van der Waals surface area contributed by atoms with E-state index >= 15 is 0 Å². The van der Waals surface area contributed by atoms with E-state index in [-0.39, 0.29) is 12.5 Å². The summed E-state index contributed by atoms with van der Waals surface area (Å²) in [6.07, 6.45) is 0. The van der Waals surface area contributed by atoms with Crippen LogP contribution >= 0.6 is 11.6 Å². The number of carbonyl (C=O) groups is 2. The molecule has 0 aromatic heterocycles. The predicted octanol–water partition coefficient (Wildman–Crippen LogP) is 3.87. The van der Waals surface area contributed by atoms with E-state index in [1.165, 1.54) is 4.90 Å². The van der Waals surface area contributed by atoms with Gasteiger partial charge in [-0.2, -0.15) is 0 Å². The fourth-order valence-electron chi connectivity index (χ4n) is 3.61. The Balaban J connectivity index is 1.66. The molecule has 1 aliphatic heterocycles. The molecule has 1 aliphatic rings. The van der Waals surface area contributed by atoms with Crippen LogP contribution in [0.1, 0.15) is 16.7 Å². The zero-order valence-corrected chi connectivity index (χ0v) is 16.5. The van der Waals surface area contributed by atoms with E-state index in [2.05, 4.69) is 5.32 Å². The van der Waals surface area contributed by atoms with Gasteiger partial charge in [0.15, 0.2) is 5.60 Å². The monoisotopic (exact) mass is 406 g/mol. The average Bonchev–Trinajstić information content (AvgIpc) is 2.94. The van der Waals surface area contributed by atoms with Crippen LogP contribution in [0.25, 0.3) is 0 Å². The maximum absolute atomic E-state index is 13.3. The van der Waals surface area contributed by atoms with Gasteiger partial charge in [0.1, 0.15) is 6.54 Å². The number of aryl methyl sites for hydroxylation is 1. The van der Waals surface area contributed by atoms with Gasteiger partial charge in [-0.15, -0.1) is 0 Å². The quantitative estimate of drug-likeness (QED) is 0.691. The highest BCUT2D eigenvalue weighted by Gasteiger charge is 2.51. The summed E-state index contributed by atoms with van der Waals surface area (Å²) in [5, 5.41) is 14.7. The van der Waals surface area contributed by atoms with Crippen LogP contribution in [0.4, 0.5) is 11.4 Å². The maximum Gasteiger partial charge on any atom is 0.268 e. The molecule has 0 bridgehead atoms. The highest BCUT2D eigenvalue weighted by Crippen LogP contribution is 2.44. The second kappa shape index (κ2) is 7.35. The molecule has 0 radical (unpaired) electrons. The third-order valence-electron chi connectivity index (χ3n) is 5.11. The average molecular weight is 407 g/mol. The molecule has 1 heterocycles. The van der Waals surface area contributed by atoms with Crippen molar-refractivity contribution in [3.05, 3.63) is 94.5 Å². The fraction of sp³-hybridized carbons (Fsp3) is 0.130. The molecular weight excluding hydrogens is 388 g/mol. The summed E-state index contributed by atoms with van der Waals surface area (Å²) < 4.78 is 0. The molecular formula is C23H19ClN2O3. The third-order valence-corrected chi connectivity index (χ3v) is 5.34. The first-order valence-electron chi connectivity index (χ1n) is 9.16. The van der Waals surface area contributed by atoms with Crippen LogP contribution in [0.15, 0.2) is 72.8 Å². The van der Waals surface area contributed by atoms with Crippen molar-refractivity contribution in [2.45, 2.75) is 12.5 Å². The summed E-state index contributed by atoms with van der Waals surface area (Å²) in [5.74, 6) is -0.932. The van der Waals surface area contributed by atoms with Crippen molar-refractivity contribution in [1.82, 2.24) is 0 Å². The lowest BCUT2D eigenvalue weighted by Crippen LogP contribution is -2.44. The minimum atomic E-state index is -1.83. The lowest BCUT2D eigenvalue weighted by molar-refractivity contribution is -0.133. The van der Waals surface area contributed by atoms with E-state index in [1.807, 2.05) is 19.1 Å². The molecule has 4 rings (SSSR count). The van der Waals surface area contributed by atoms with Crippen LogP contribution in [0.5, 0.6) is 0 Å². The van der Waals surface area contributed by atoms with Gasteiger partial charge in [0, 0.05) is 16.3 Å². The molecule has 0 saturated carbocycles. The molecule has 1 atom stereocenters. The Kier molecular flexibility index (Phi) is 4.86. The second-order valence-corrected chi connectivity index (χ2v) is 7.43. The lowest BCUT2D eigenvalue weighted by Gasteiger charge is -2.23. The highest BCUT2D eigenvalue weighted by atomic mass is 35.5. The normalized spacial score (nSPS) is 17.9. The largest absolute Gasteiger partial charge is 0.372 e. The first kappa shape index (κ1) is 19.2. The van der Waals surface area contributed by atoms with E-state index in [4.69, 9.17) is 11.6 Å². The minimum Gasteiger partial charge on any atom is -0.372 e. The number of carbonyl (C=O) groups excluding carboxylic acids is 2. The Morgan fingerprint density at radius 2 is 1.76 bits per heavy atom.